The van der Waals surface area contributed by atoms with Crippen LogP contribution in [0.1, 0.15) is 16.9 Å². The normalized spacial score (nSPS) is 36.3. The molecule has 7 nitrogen and oxygen atoms in total. The van der Waals surface area contributed by atoms with Crippen LogP contribution in [0.4, 0.5) is 0 Å². The maximum atomic E-state index is 12.6. The molecular weight excluding hydrogens is 306 g/mol. The second-order valence-electron chi connectivity index (χ2n) is 6.23. The van der Waals surface area contributed by atoms with Crippen molar-refractivity contribution in [1.29, 1.82) is 0 Å². The van der Waals surface area contributed by atoms with Crippen LogP contribution in [-0.4, -0.2) is 72.2 Å². The van der Waals surface area contributed by atoms with Crippen LogP contribution in [0.15, 0.2) is 24.4 Å². The zero-order chi connectivity index (χ0) is 15.5. The van der Waals surface area contributed by atoms with E-state index in [0.717, 1.165) is 0 Å². The third-order valence-corrected chi connectivity index (χ3v) is 7.14. The Morgan fingerprint density at radius 1 is 1.41 bits per heavy atom. The lowest BCUT2D eigenvalue weighted by Gasteiger charge is -2.39. The number of rotatable bonds is 1. The summed E-state index contributed by atoms with van der Waals surface area (Å²) in [6.45, 7) is 1.03. The first-order valence-electron chi connectivity index (χ1n) is 7.26. The van der Waals surface area contributed by atoms with Crippen molar-refractivity contribution in [2.75, 3.05) is 26.7 Å². The van der Waals surface area contributed by atoms with Gasteiger partial charge in [-0.05, 0) is 18.6 Å². The molecule has 8 heteroatoms. The molecule has 118 valence electrons. The average Bonchev–Trinajstić information content (AvgIpc) is 2.86. The van der Waals surface area contributed by atoms with Gasteiger partial charge in [0.1, 0.15) is 16.5 Å². The summed E-state index contributed by atoms with van der Waals surface area (Å²) in [5.74, 6) is -0.166. The molecular formula is C14H17N3O4S. The van der Waals surface area contributed by atoms with Gasteiger partial charge in [0.15, 0.2) is 0 Å². The molecule has 0 radical (unpaired) electrons. The van der Waals surface area contributed by atoms with Crippen molar-refractivity contribution < 1.29 is 17.9 Å². The molecule has 3 saturated heterocycles. The summed E-state index contributed by atoms with van der Waals surface area (Å²) < 4.78 is 32.1. The van der Waals surface area contributed by atoms with Crippen molar-refractivity contribution in [2.45, 2.75) is 23.4 Å². The Labute approximate surface area is 128 Å². The molecule has 1 amide bonds. The van der Waals surface area contributed by atoms with Crippen molar-refractivity contribution >= 4 is 15.9 Å². The smallest absolute Gasteiger partial charge is 0.272 e. The Kier molecular flexibility index (Phi) is 2.88. The van der Waals surface area contributed by atoms with Crippen LogP contribution >= 0.6 is 0 Å². The second-order valence-corrected chi connectivity index (χ2v) is 8.45. The lowest BCUT2D eigenvalue weighted by atomic mass is 9.99. The fraction of sp³-hybridized carbons (Fsp3) is 0.571. The number of likely N-dealkylation sites (tertiary alicyclic amines) is 1. The maximum Gasteiger partial charge on any atom is 0.272 e. The van der Waals surface area contributed by atoms with E-state index in [9.17, 15) is 13.2 Å². The van der Waals surface area contributed by atoms with E-state index in [0.29, 0.717) is 31.7 Å². The highest BCUT2D eigenvalue weighted by molar-refractivity contribution is 7.90. The van der Waals surface area contributed by atoms with E-state index in [2.05, 4.69) is 4.98 Å². The minimum Gasteiger partial charge on any atom is -0.365 e. The maximum absolute atomic E-state index is 12.6. The zero-order valence-corrected chi connectivity index (χ0v) is 13.0. The van der Waals surface area contributed by atoms with Gasteiger partial charge in [-0.2, -0.15) is 0 Å². The molecule has 0 saturated carbocycles. The van der Waals surface area contributed by atoms with E-state index in [4.69, 9.17) is 4.74 Å². The number of hydrogen-bond acceptors (Lipinski definition) is 5. The van der Waals surface area contributed by atoms with Gasteiger partial charge in [0.25, 0.3) is 5.91 Å². The average molecular weight is 323 g/mol. The third-order valence-electron chi connectivity index (χ3n) is 4.80. The first-order chi connectivity index (χ1) is 10.4. The number of likely N-dealkylation sites (N-methyl/N-ethyl adjacent to an activating group) is 1. The number of ether oxygens (including phenoxy) is 1. The topological polar surface area (TPSA) is 79.8 Å². The number of nitrogens with zero attached hydrogens (tertiary/aromatic N) is 3. The molecule has 4 heterocycles. The lowest BCUT2D eigenvalue weighted by molar-refractivity contribution is -0.0967. The van der Waals surface area contributed by atoms with Gasteiger partial charge < -0.3 is 9.64 Å². The monoisotopic (exact) mass is 323 g/mol. The molecule has 22 heavy (non-hydrogen) atoms. The van der Waals surface area contributed by atoms with Gasteiger partial charge in [0.2, 0.25) is 10.0 Å². The fourth-order valence-electron chi connectivity index (χ4n) is 3.87. The highest BCUT2D eigenvalue weighted by Crippen LogP contribution is 2.46. The number of carbonyl (C=O) groups is 1. The molecule has 3 aliphatic heterocycles. The summed E-state index contributed by atoms with van der Waals surface area (Å²) in [7, 11) is -1.76. The molecule has 2 bridgehead atoms. The van der Waals surface area contributed by atoms with Crippen LogP contribution in [0.5, 0.6) is 0 Å². The Morgan fingerprint density at radius 3 is 2.95 bits per heavy atom. The van der Waals surface area contributed by atoms with Crippen molar-refractivity contribution in [2.24, 2.45) is 0 Å². The van der Waals surface area contributed by atoms with Crippen LogP contribution < -0.4 is 0 Å². The van der Waals surface area contributed by atoms with E-state index in [1.807, 2.05) is 0 Å². The first kappa shape index (κ1) is 14.1. The van der Waals surface area contributed by atoms with Crippen molar-refractivity contribution in [3.63, 3.8) is 0 Å². The number of hydrogen-bond donors (Lipinski definition) is 0. The van der Waals surface area contributed by atoms with Gasteiger partial charge in [-0.15, -0.1) is 0 Å². The highest BCUT2D eigenvalue weighted by Gasteiger charge is 2.64. The van der Waals surface area contributed by atoms with Gasteiger partial charge in [-0.3, -0.25) is 9.78 Å². The Bertz CT molecular complexity index is 723. The Morgan fingerprint density at radius 2 is 2.23 bits per heavy atom. The predicted octanol–water partition coefficient (Wildman–Crippen LogP) is -0.291. The Hall–Kier alpha value is -1.51. The van der Waals surface area contributed by atoms with Crippen LogP contribution in [-0.2, 0) is 14.8 Å². The minimum absolute atomic E-state index is 0.166. The summed E-state index contributed by atoms with van der Waals surface area (Å²) in [5.41, 5.74) is -0.410. The van der Waals surface area contributed by atoms with E-state index in [-0.39, 0.29) is 12.0 Å². The lowest BCUT2D eigenvalue weighted by Crippen LogP contribution is -2.56. The molecule has 0 aromatic carbocycles. The Balaban J connectivity index is 1.65. The number of fused-ring (bicyclic) bond motifs is 1. The molecule has 1 spiro atoms. The molecule has 3 fully saturated rings. The zero-order valence-electron chi connectivity index (χ0n) is 12.2. The quantitative estimate of drug-likeness (QED) is 0.709. The number of morpholine rings is 1. The van der Waals surface area contributed by atoms with Crippen LogP contribution in [0.3, 0.4) is 0 Å². The number of sulfonamides is 1. The molecule has 1 aromatic rings. The summed E-state index contributed by atoms with van der Waals surface area (Å²) in [6.07, 6.45) is 1.82. The number of aromatic nitrogens is 1. The summed E-state index contributed by atoms with van der Waals surface area (Å²) in [5, 5.41) is -0.545. The SMILES string of the molecule is CN1C[C@@]23CN(C(=O)c4ccccn4)C[C@@H](C[C@@H]2S1(=O)=O)O3. The van der Waals surface area contributed by atoms with Gasteiger partial charge >= 0.3 is 0 Å². The third kappa shape index (κ3) is 1.84. The minimum atomic E-state index is -3.33. The number of carbonyl (C=O) groups excluding carboxylic acids is 1. The van der Waals surface area contributed by atoms with Crippen molar-refractivity contribution in [3.8, 4) is 0 Å². The van der Waals surface area contributed by atoms with E-state index < -0.39 is 20.9 Å². The summed E-state index contributed by atoms with van der Waals surface area (Å²) >= 11 is 0. The number of pyridine rings is 1. The first-order valence-corrected chi connectivity index (χ1v) is 8.76. The number of amides is 1. The van der Waals surface area contributed by atoms with E-state index >= 15 is 0 Å². The molecule has 0 unspecified atom stereocenters. The van der Waals surface area contributed by atoms with Crippen LogP contribution in [0, 0.1) is 0 Å². The van der Waals surface area contributed by atoms with Crippen molar-refractivity contribution in [3.05, 3.63) is 30.1 Å². The molecule has 4 rings (SSSR count). The molecule has 1 aromatic heterocycles. The van der Waals surface area contributed by atoms with Crippen molar-refractivity contribution in [1.82, 2.24) is 14.2 Å². The van der Waals surface area contributed by atoms with Crippen LogP contribution in [0.2, 0.25) is 0 Å². The van der Waals surface area contributed by atoms with Gasteiger partial charge in [-0.1, -0.05) is 6.07 Å². The summed E-state index contributed by atoms with van der Waals surface area (Å²) in [4.78, 5) is 18.4. The molecule has 0 N–H and O–H groups in total. The van der Waals surface area contributed by atoms with Gasteiger partial charge in [0, 0.05) is 26.3 Å². The van der Waals surface area contributed by atoms with Crippen LogP contribution in [0.25, 0.3) is 0 Å². The largest absolute Gasteiger partial charge is 0.365 e. The summed E-state index contributed by atoms with van der Waals surface area (Å²) in [6, 6.07) is 5.20. The van der Waals surface area contributed by atoms with Gasteiger partial charge in [0.05, 0.1) is 12.6 Å². The standard InChI is InChI=1S/C14H17N3O4S/c1-16-8-14-9-17(13(18)11-4-2-3-5-15-11)7-10(21-14)6-12(14)22(16,19)20/h2-5,10,12H,6-9H2,1H3/t10-,12+,14-/m1/s1. The second kappa shape index (κ2) is 4.50. The van der Waals surface area contributed by atoms with Gasteiger partial charge in [-0.25, -0.2) is 12.7 Å². The highest BCUT2D eigenvalue weighted by atomic mass is 32.2. The molecule has 3 aliphatic rings. The molecule has 0 aliphatic carbocycles. The van der Waals surface area contributed by atoms with E-state index in [1.54, 1.807) is 36.3 Å². The predicted molar refractivity (Wildman–Crippen MR) is 77.7 cm³/mol. The fourth-order valence-corrected chi connectivity index (χ4v) is 5.90. The van der Waals surface area contributed by atoms with E-state index in [1.165, 1.54) is 4.31 Å². The molecule has 3 atom stereocenters.